The number of carbonyl (C=O) groups is 2. The third-order valence-corrected chi connectivity index (χ3v) is 5.23. The number of hydrogen-bond acceptors (Lipinski definition) is 4. The van der Waals surface area contributed by atoms with Crippen LogP contribution in [0.5, 0.6) is 0 Å². The number of nitrogens with one attached hydrogen (secondary N) is 1. The molecule has 0 bridgehead atoms. The molecule has 6 nitrogen and oxygen atoms in total. The Morgan fingerprint density at radius 1 is 0.964 bits per heavy atom. The Morgan fingerprint density at radius 2 is 1.64 bits per heavy atom. The fraction of sp³-hybridized carbons (Fsp3) is 0.273. The minimum atomic E-state index is -0.299. The maximum atomic E-state index is 12.6. The highest BCUT2D eigenvalue weighted by Crippen LogP contribution is 2.25. The molecule has 2 aromatic carbocycles. The molecule has 1 saturated heterocycles. The number of carbonyl (C=O) groups excluding carboxylic acids is 2. The number of furan rings is 1. The molecule has 2 amide bonds. The Hall–Kier alpha value is -3.12. The number of nitrogens with zero attached hydrogens (tertiary/aromatic N) is 2. The van der Waals surface area contributed by atoms with Crippen molar-refractivity contribution in [2.45, 2.75) is 6.92 Å². The maximum absolute atomic E-state index is 12.6. The molecular formula is C22H23N3O3. The second-order valence-corrected chi connectivity index (χ2v) is 7.18. The highest BCUT2D eigenvalue weighted by atomic mass is 16.3. The van der Waals surface area contributed by atoms with Crippen molar-refractivity contribution in [1.82, 2.24) is 9.80 Å². The van der Waals surface area contributed by atoms with E-state index in [0.29, 0.717) is 22.6 Å². The maximum Gasteiger partial charge on any atom is 0.291 e. The summed E-state index contributed by atoms with van der Waals surface area (Å²) in [6.07, 6.45) is 0. The lowest BCUT2D eigenvalue weighted by molar-refractivity contribution is 0.0664. The molecule has 0 aliphatic carbocycles. The van der Waals surface area contributed by atoms with Crippen molar-refractivity contribution in [3.8, 4) is 0 Å². The van der Waals surface area contributed by atoms with Crippen molar-refractivity contribution in [2.75, 3.05) is 38.5 Å². The molecule has 1 aromatic heterocycles. The van der Waals surface area contributed by atoms with E-state index < -0.39 is 0 Å². The number of rotatable bonds is 3. The highest BCUT2D eigenvalue weighted by molar-refractivity contribution is 6.06. The van der Waals surface area contributed by atoms with E-state index in [1.807, 2.05) is 36.1 Å². The number of para-hydroxylation sites is 1. The number of piperazine rings is 1. The van der Waals surface area contributed by atoms with Gasteiger partial charge in [0, 0.05) is 48.4 Å². The summed E-state index contributed by atoms with van der Waals surface area (Å²) in [5, 5.41) is 3.78. The summed E-state index contributed by atoms with van der Waals surface area (Å²) in [6, 6.07) is 14.6. The molecule has 0 spiro atoms. The van der Waals surface area contributed by atoms with Gasteiger partial charge in [0.2, 0.25) is 0 Å². The van der Waals surface area contributed by atoms with E-state index in [9.17, 15) is 9.59 Å². The molecule has 1 fully saturated rings. The smallest absolute Gasteiger partial charge is 0.291 e. The first-order chi connectivity index (χ1) is 13.5. The van der Waals surface area contributed by atoms with Crippen LogP contribution in [0.2, 0.25) is 0 Å². The Morgan fingerprint density at radius 3 is 2.32 bits per heavy atom. The summed E-state index contributed by atoms with van der Waals surface area (Å²) >= 11 is 0. The van der Waals surface area contributed by atoms with Gasteiger partial charge in [0.15, 0.2) is 5.76 Å². The van der Waals surface area contributed by atoms with Gasteiger partial charge in [0.05, 0.1) is 0 Å². The van der Waals surface area contributed by atoms with E-state index in [2.05, 4.69) is 17.3 Å². The van der Waals surface area contributed by atoms with Gasteiger partial charge in [0.25, 0.3) is 11.8 Å². The Labute approximate surface area is 163 Å². The molecular weight excluding hydrogens is 354 g/mol. The van der Waals surface area contributed by atoms with Crippen molar-refractivity contribution in [3.05, 3.63) is 65.4 Å². The minimum Gasteiger partial charge on any atom is -0.451 e. The minimum absolute atomic E-state index is 0.0269. The van der Waals surface area contributed by atoms with Crippen LogP contribution >= 0.6 is 0 Å². The number of amides is 2. The summed E-state index contributed by atoms with van der Waals surface area (Å²) in [6.45, 7) is 5.12. The Balaban J connectivity index is 1.46. The zero-order valence-corrected chi connectivity index (χ0v) is 16.1. The van der Waals surface area contributed by atoms with Gasteiger partial charge in [-0.15, -0.1) is 0 Å². The van der Waals surface area contributed by atoms with E-state index in [1.54, 1.807) is 24.3 Å². The molecule has 3 aromatic rings. The van der Waals surface area contributed by atoms with Gasteiger partial charge in [-0.25, -0.2) is 0 Å². The molecule has 0 atom stereocenters. The van der Waals surface area contributed by atoms with Crippen molar-refractivity contribution in [2.24, 2.45) is 0 Å². The van der Waals surface area contributed by atoms with E-state index in [4.69, 9.17) is 4.42 Å². The van der Waals surface area contributed by atoms with Crippen molar-refractivity contribution in [1.29, 1.82) is 0 Å². The van der Waals surface area contributed by atoms with Gasteiger partial charge in [0.1, 0.15) is 5.58 Å². The lowest BCUT2D eigenvalue weighted by Crippen LogP contribution is -2.47. The van der Waals surface area contributed by atoms with E-state index in [1.165, 1.54) is 0 Å². The van der Waals surface area contributed by atoms with Gasteiger partial charge in [-0.3, -0.25) is 9.59 Å². The first kappa shape index (κ1) is 18.3. The predicted octanol–water partition coefficient (Wildman–Crippen LogP) is 3.38. The molecule has 0 unspecified atom stereocenters. The standard InChI is InChI=1S/C22H23N3O3/c1-15-18-5-3-4-6-19(18)28-20(15)21(26)23-17-9-7-16(8-10-17)22(27)25-13-11-24(2)12-14-25/h3-10H,11-14H2,1-2H3,(H,23,26). The second-order valence-electron chi connectivity index (χ2n) is 7.18. The first-order valence-electron chi connectivity index (χ1n) is 9.40. The molecule has 1 aliphatic rings. The third kappa shape index (κ3) is 3.51. The van der Waals surface area contributed by atoms with E-state index in [0.717, 1.165) is 37.1 Å². The molecule has 0 saturated carbocycles. The molecule has 4 rings (SSSR count). The summed E-state index contributed by atoms with van der Waals surface area (Å²) in [5.41, 5.74) is 2.76. The normalized spacial score (nSPS) is 15.0. The molecule has 28 heavy (non-hydrogen) atoms. The van der Waals surface area contributed by atoms with Crippen LogP contribution in [0.3, 0.4) is 0 Å². The summed E-state index contributed by atoms with van der Waals surface area (Å²) in [5.74, 6) is 0.0322. The second kappa shape index (κ2) is 7.48. The lowest BCUT2D eigenvalue weighted by atomic mass is 10.1. The van der Waals surface area contributed by atoms with Crippen LogP contribution < -0.4 is 5.32 Å². The Bertz CT molecular complexity index is 1020. The largest absolute Gasteiger partial charge is 0.451 e. The van der Waals surface area contributed by atoms with Crippen molar-refractivity contribution < 1.29 is 14.0 Å². The Kier molecular flexibility index (Phi) is 4.88. The summed E-state index contributed by atoms with van der Waals surface area (Å²) in [7, 11) is 2.06. The average molecular weight is 377 g/mol. The zero-order valence-electron chi connectivity index (χ0n) is 16.1. The van der Waals surface area contributed by atoms with Crippen LogP contribution in [0.1, 0.15) is 26.5 Å². The SMILES string of the molecule is Cc1c(C(=O)Nc2ccc(C(=O)N3CCN(C)CC3)cc2)oc2ccccc12. The molecule has 2 heterocycles. The number of fused-ring (bicyclic) bond motifs is 1. The molecule has 6 heteroatoms. The molecule has 0 radical (unpaired) electrons. The first-order valence-corrected chi connectivity index (χ1v) is 9.40. The lowest BCUT2D eigenvalue weighted by Gasteiger charge is -2.32. The van der Waals surface area contributed by atoms with Crippen LogP contribution in [0.4, 0.5) is 5.69 Å². The number of likely N-dealkylation sites (N-methyl/N-ethyl adjacent to an activating group) is 1. The van der Waals surface area contributed by atoms with Crippen LogP contribution in [-0.4, -0.2) is 54.8 Å². The van der Waals surface area contributed by atoms with Crippen molar-refractivity contribution in [3.63, 3.8) is 0 Å². The van der Waals surface area contributed by atoms with E-state index >= 15 is 0 Å². The fourth-order valence-electron chi connectivity index (χ4n) is 3.47. The quantitative estimate of drug-likeness (QED) is 0.760. The van der Waals surface area contributed by atoms with Crippen molar-refractivity contribution >= 4 is 28.5 Å². The predicted molar refractivity (Wildman–Crippen MR) is 109 cm³/mol. The molecule has 1 aliphatic heterocycles. The van der Waals surface area contributed by atoms with Crippen LogP contribution in [0.15, 0.2) is 52.9 Å². The van der Waals surface area contributed by atoms with E-state index in [-0.39, 0.29) is 11.8 Å². The zero-order chi connectivity index (χ0) is 19.7. The fourth-order valence-corrected chi connectivity index (χ4v) is 3.47. The van der Waals surface area contributed by atoms with Gasteiger partial charge < -0.3 is 19.5 Å². The van der Waals surface area contributed by atoms with Crippen LogP contribution in [0, 0.1) is 6.92 Å². The molecule has 144 valence electrons. The van der Waals surface area contributed by atoms with Crippen LogP contribution in [-0.2, 0) is 0 Å². The van der Waals surface area contributed by atoms with Gasteiger partial charge in [-0.2, -0.15) is 0 Å². The summed E-state index contributed by atoms with van der Waals surface area (Å²) < 4.78 is 5.71. The monoisotopic (exact) mass is 377 g/mol. The highest BCUT2D eigenvalue weighted by Gasteiger charge is 2.21. The molecule has 1 N–H and O–H groups in total. The van der Waals surface area contributed by atoms with Gasteiger partial charge >= 0.3 is 0 Å². The summed E-state index contributed by atoms with van der Waals surface area (Å²) in [4.78, 5) is 29.3. The third-order valence-electron chi connectivity index (χ3n) is 5.23. The number of aryl methyl sites for hydroxylation is 1. The number of benzene rings is 2. The topological polar surface area (TPSA) is 65.8 Å². The van der Waals surface area contributed by atoms with Crippen LogP contribution in [0.25, 0.3) is 11.0 Å². The van der Waals surface area contributed by atoms with Gasteiger partial charge in [-0.05, 0) is 44.3 Å². The number of hydrogen-bond donors (Lipinski definition) is 1. The number of anilines is 1. The van der Waals surface area contributed by atoms with Gasteiger partial charge in [-0.1, -0.05) is 18.2 Å². The average Bonchev–Trinajstić information content (AvgIpc) is 3.06.